The van der Waals surface area contributed by atoms with Crippen LogP contribution in [0, 0.1) is 6.92 Å². The van der Waals surface area contributed by atoms with Crippen molar-refractivity contribution in [3.63, 3.8) is 0 Å². The number of carbonyl (C=O) groups excluding carboxylic acids is 1. The second kappa shape index (κ2) is 5.99. The van der Waals surface area contributed by atoms with Crippen molar-refractivity contribution in [3.05, 3.63) is 65.2 Å². The fraction of sp³-hybridized carbons (Fsp3) is 0.188. The summed E-state index contributed by atoms with van der Waals surface area (Å²) in [5, 5.41) is 0. The van der Waals surface area contributed by atoms with Crippen molar-refractivity contribution < 1.29 is 22.7 Å². The number of Topliss-reactive ketones (excluding diaryl/α,β-unsaturated/α-hetero) is 1. The predicted molar refractivity (Wildman–Crippen MR) is 72.3 cm³/mol. The maximum Gasteiger partial charge on any atom is 0.455 e. The van der Waals surface area contributed by atoms with Crippen molar-refractivity contribution in [1.82, 2.24) is 0 Å². The van der Waals surface area contributed by atoms with Crippen LogP contribution in [0.1, 0.15) is 21.5 Å². The molecule has 0 saturated carbocycles. The summed E-state index contributed by atoms with van der Waals surface area (Å²) in [6.45, 7) is 1.71. The third kappa shape index (κ3) is 3.62. The number of rotatable bonds is 4. The third-order valence-corrected chi connectivity index (χ3v) is 2.94. The molecule has 0 spiro atoms. The number of ketones is 1. The minimum absolute atomic E-state index is 0.0244. The molecule has 0 aromatic heterocycles. The van der Waals surface area contributed by atoms with Gasteiger partial charge in [0.05, 0.1) is 5.56 Å². The molecule has 0 aliphatic heterocycles. The van der Waals surface area contributed by atoms with Gasteiger partial charge in [-0.15, -0.1) is 0 Å². The second-order valence-electron chi connectivity index (χ2n) is 4.55. The molecular weight excluding hydrogens is 281 g/mol. The average molecular weight is 294 g/mol. The van der Waals surface area contributed by atoms with Gasteiger partial charge >= 0.3 is 6.18 Å². The highest BCUT2D eigenvalue weighted by Crippen LogP contribution is 2.30. The molecule has 2 aromatic carbocycles. The Bertz CT molecular complexity index is 634. The van der Waals surface area contributed by atoms with Gasteiger partial charge < -0.3 is 4.74 Å². The van der Waals surface area contributed by atoms with Gasteiger partial charge in [-0.25, -0.2) is 0 Å². The van der Waals surface area contributed by atoms with E-state index in [1.807, 2.05) is 6.07 Å². The summed E-state index contributed by atoms with van der Waals surface area (Å²) < 4.78 is 43.3. The average Bonchev–Trinajstić information content (AvgIpc) is 2.45. The number of carbonyl (C=O) groups is 1. The zero-order valence-corrected chi connectivity index (χ0v) is 11.3. The van der Waals surface area contributed by atoms with E-state index in [-0.39, 0.29) is 12.4 Å². The molecule has 0 aliphatic rings. The molecule has 0 saturated heterocycles. The Kier molecular flexibility index (Phi) is 4.31. The molecule has 0 unspecified atom stereocenters. The highest BCUT2D eigenvalue weighted by molar-refractivity contribution is 6.02. The van der Waals surface area contributed by atoms with Crippen LogP contribution in [0.5, 0.6) is 5.75 Å². The van der Waals surface area contributed by atoms with Crippen LogP contribution in [0.4, 0.5) is 13.2 Å². The number of hydrogen-bond acceptors (Lipinski definition) is 2. The first kappa shape index (κ1) is 15.1. The van der Waals surface area contributed by atoms with Crippen molar-refractivity contribution in [3.8, 4) is 5.75 Å². The molecule has 0 aliphatic carbocycles. The van der Waals surface area contributed by atoms with Gasteiger partial charge in [0.1, 0.15) is 12.4 Å². The predicted octanol–water partition coefficient (Wildman–Crippen LogP) is 4.32. The molecule has 0 radical (unpaired) electrons. The summed E-state index contributed by atoms with van der Waals surface area (Å²) in [5.41, 5.74) is 0.839. The standard InChI is InChI=1S/C16H13F3O2/c1-11-6-5-9-13(15(20)16(17,18)19)14(11)21-10-12-7-3-2-4-8-12/h2-9H,10H2,1H3. The molecule has 0 bridgehead atoms. The first-order chi connectivity index (χ1) is 9.89. The van der Waals surface area contributed by atoms with Crippen LogP contribution in [-0.4, -0.2) is 12.0 Å². The largest absolute Gasteiger partial charge is 0.488 e. The van der Waals surface area contributed by atoms with Crippen LogP contribution >= 0.6 is 0 Å². The van der Waals surface area contributed by atoms with Crippen molar-refractivity contribution in [2.24, 2.45) is 0 Å². The minimum Gasteiger partial charge on any atom is -0.488 e. The van der Waals surface area contributed by atoms with Gasteiger partial charge in [-0.05, 0) is 24.1 Å². The Morgan fingerprint density at radius 1 is 1.05 bits per heavy atom. The van der Waals surface area contributed by atoms with Gasteiger partial charge in [-0.3, -0.25) is 4.79 Å². The number of hydrogen-bond donors (Lipinski definition) is 0. The quantitative estimate of drug-likeness (QED) is 0.785. The van der Waals surface area contributed by atoms with E-state index in [0.29, 0.717) is 5.56 Å². The Hall–Kier alpha value is -2.30. The molecule has 0 fully saturated rings. The zero-order chi connectivity index (χ0) is 15.5. The van der Waals surface area contributed by atoms with Crippen molar-refractivity contribution in [2.75, 3.05) is 0 Å². The van der Waals surface area contributed by atoms with Crippen LogP contribution in [0.2, 0.25) is 0 Å². The van der Waals surface area contributed by atoms with Gasteiger partial charge in [-0.2, -0.15) is 13.2 Å². The topological polar surface area (TPSA) is 26.3 Å². The van der Waals surface area contributed by atoms with Crippen molar-refractivity contribution in [1.29, 1.82) is 0 Å². The van der Waals surface area contributed by atoms with Gasteiger partial charge in [0, 0.05) is 0 Å². The van der Waals surface area contributed by atoms with Gasteiger partial charge in [0.15, 0.2) is 0 Å². The Morgan fingerprint density at radius 3 is 2.33 bits per heavy atom. The van der Waals surface area contributed by atoms with E-state index in [2.05, 4.69) is 0 Å². The number of benzene rings is 2. The highest BCUT2D eigenvalue weighted by atomic mass is 19.4. The number of halogens is 3. The fourth-order valence-electron chi connectivity index (χ4n) is 1.91. The molecular formula is C16H13F3O2. The van der Waals surface area contributed by atoms with Crippen molar-refractivity contribution >= 4 is 5.78 Å². The maximum absolute atomic E-state index is 12.6. The van der Waals surface area contributed by atoms with E-state index in [9.17, 15) is 18.0 Å². The normalized spacial score (nSPS) is 11.2. The van der Waals surface area contributed by atoms with Crippen molar-refractivity contribution in [2.45, 2.75) is 19.7 Å². The monoisotopic (exact) mass is 294 g/mol. The number of alkyl halides is 3. The van der Waals surface area contributed by atoms with E-state index in [4.69, 9.17) is 4.74 Å². The molecule has 0 amide bonds. The Labute approximate surface area is 120 Å². The maximum atomic E-state index is 12.6. The van der Waals surface area contributed by atoms with E-state index in [1.54, 1.807) is 37.3 Å². The summed E-state index contributed by atoms with van der Waals surface area (Å²) in [4.78, 5) is 11.4. The van der Waals surface area contributed by atoms with Crippen LogP contribution in [0.25, 0.3) is 0 Å². The highest BCUT2D eigenvalue weighted by Gasteiger charge is 2.41. The summed E-state index contributed by atoms with van der Waals surface area (Å²) >= 11 is 0. The van der Waals surface area contributed by atoms with E-state index >= 15 is 0 Å². The van der Waals surface area contributed by atoms with E-state index in [0.717, 1.165) is 11.6 Å². The first-order valence-corrected chi connectivity index (χ1v) is 6.27. The lowest BCUT2D eigenvalue weighted by atomic mass is 10.1. The number of para-hydroxylation sites is 1. The van der Waals surface area contributed by atoms with Crippen LogP contribution in [-0.2, 0) is 6.61 Å². The van der Waals surface area contributed by atoms with Gasteiger partial charge in [-0.1, -0.05) is 42.5 Å². The van der Waals surface area contributed by atoms with Crippen LogP contribution in [0.3, 0.4) is 0 Å². The Balaban J connectivity index is 2.28. The second-order valence-corrected chi connectivity index (χ2v) is 4.55. The molecule has 0 atom stereocenters. The van der Waals surface area contributed by atoms with Gasteiger partial charge in [0.2, 0.25) is 0 Å². The smallest absolute Gasteiger partial charge is 0.455 e. The Morgan fingerprint density at radius 2 is 1.71 bits per heavy atom. The van der Waals surface area contributed by atoms with E-state index in [1.165, 1.54) is 6.07 Å². The first-order valence-electron chi connectivity index (χ1n) is 6.27. The lowest BCUT2D eigenvalue weighted by molar-refractivity contribution is -0.0886. The lowest BCUT2D eigenvalue weighted by Gasteiger charge is -2.14. The molecule has 2 nitrogen and oxygen atoms in total. The minimum atomic E-state index is -4.92. The molecule has 2 aromatic rings. The molecule has 0 N–H and O–H groups in total. The SMILES string of the molecule is Cc1cccc(C(=O)C(F)(F)F)c1OCc1ccccc1. The molecule has 0 heterocycles. The zero-order valence-electron chi connectivity index (χ0n) is 11.3. The van der Waals surface area contributed by atoms with Crippen LogP contribution in [0.15, 0.2) is 48.5 Å². The fourth-order valence-corrected chi connectivity index (χ4v) is 1.91. The molecule has 110 valence electrons. The summed E-state index contributed by atoms with van der Waals surface area (Å²) in [7, 11) is 0. The molecule has 21 heavy (non-hydrogen) atoms. The molecule has 5 heteroatoms. The third-order valence-electron chi connectivity index (χ3n) is 2.94. The summed E-state index contributed by atoms with van der Waals surface area (Å²) in [6.07, 6.45) is -4.92. The molecule has 2 rings (SSSR count). The summed E-state index contributed by atoms with van der Waals surface area (Å²) in [6, 6.07) is 13.2. The summed E-state index contributed by atoms with van der Waals surface area (Å²) in [5.74, 6) is -1.92. The van der Waals surface area contributed by atoms with E-state index < -0.39 is 17.5 Å². The number of ether oxygens (including phenoxy) is 1. The number of aryl methyl sites for hydroxylation is 1. The lowest BCUT2D eigenvalue weighted by Crippen LogP contribution is -2.23. The van der Waals surface area contributed by atoms with Gasteiger partial charge in [0.25, 0.3) is 5.78 Å². The van der Waals surface area contributed by atoms with Crippen LogP contribution < -0.4 is 4.74 Å².